The van der Waals surface area contributed by atoms with Crippen molar-refractivity contribution in [2.24, 2.45) is 0 Å². The molecule has 2 aromatic rings. The molecule has 0 fully saturated rings. The maximum atomic E-state index is 13.4. The lowest BCUT2D eigenvalue weighted by Crippen LogP contribution is -2.06. The molecule has 19 heavy (non-hydrogen) atoms. The van der Waals surface area contributed by atoms with Crippen LogP contribution in [0.3, 0.4) is 0 Å². The SMILES string of the molecule is CCc1cc(CC)n(-c2cc(F)ccc2[N+](=O)[O-])n1. The Morgan fingerprint density at radius 3 is 2.63 bits per heavy atom. The minimum atomic E-state index is -0.526. The molecule has 0 aliphatic rings. The maximum absolute atomic E-state index is 13.4. The first-order valence-corrected chi connectivity index (χ1v) is 6.09. The summed E-state index contributed by atoms with van der Waals surface area (Å²) < 4.78 is 14.8. The summed E-state index contributed by atoms with van der Waals surface area (Å²) in [6, 6.07) is 5.27. The number of benzene rings is 1. The zero-order valence-corrected chi connectivity index (χ0v) is 10.8. The van der Waals surface area contributed by atoms with Gasteiger partial charge < -0.3 is 0 Å². The van der Waals surface area contributed by atoms with E-state index in [1.807, 2.05) is 19.9 Å². The third-order valence-corrected chi connectivity index (χ3v) is 2.92. The highest BCUT2D eigenvalue weighted by molar-refractivity contribution is 5.52. The van der Waals surface area contributed by atoms with Crippen LogP contribution >= 0.6 is 0 Å². The Hall–Kier alpha value is -2.24. The van der Waals surface area contributed by atoms with Crippen LogP contribution in [0.25, 0.3) is 5.69 Å². The van der Waals surface area contributed by atoms with Gasteiger partial charge in [0.2, 0.25) is 0 Å². The molecular weight excluding hydrogens is 249 g/mol. The smallest absolute Gasteiger partial charge is 0.258 e. The zero-order chi connectivity index (χ0) is 14.0. The molecule has 0 atom stereocenters. The molecule has 0 saturated heterocycles. The van der Waals surface area contributed by atoms with Gasteiger partial charge >= 0.3 is 0 Å². The van der Waals surface area contributed by atoms with Crippen molar-refractivity contribution in [3.63, 3.8) is 0 Å². The van der Waals surface area contributed by atoms with Crippen LogP contribution in [-0.2, 0) is 12.8 Å². The summed E-state index contributed by atoms with van der Waals surface area (Å²) in [4.78, 5) is 10.5. The van der Waals surface area contributed by atoms with Crippen molar-refractivity contribution in [3.05, 3.63) is 51.6 Å². The number of nitro benzene ring substituents is 1. The molecule has 5 nitrogen and oxygen atoms in total. The van der Waals surface area contributed by atoms with Crippen molar-refractivity contribution in [2.75, 3.05) is 0 Å². The Kier molecular flexibility index (Phi) is 3.59. The first kappa shape index (κ1) is 13.2. The van der Waals surface area contributed by atoms with Gasteiger partial charge in [-0.15, -0.1) is 0 Å². The highest BCUT2D eigenvalue weighted by Crippen LogP contribution is 2.25. The van der Waals surface area contributed by atoms with Crippen LogP contribution in [0.2, 0.25) is 0 Å². The van der Waals surface area contributed by atoms with E-state index in [1.54, 1.807) is 0 Å². The second-order valence-corrected chi connectivity index (χ2v) is 4.14. The number of hydrogen-bond acceptors (Lipinski definition) is 3. The van der Waals surface area contributed by atoms with Crippen LogP contribution in [0.4, 0.5) is 10.1 Å². The Balaban J connectivity index is 2.66. The fourth-order valence-electron chi connectivity index (χ4n) is 1.93. The average Bonchev–Trinajstić information content (AvgIpc) is 2.81. The van der Waals surface area contributed by atoms with Crippen LogP contribution in [0.5, 0.6) is 0 Å². The quantitative estimate of drug-likeness (QED) is 0.629. The van der Waals surface area contributed by atoms with Crippen molar-refractivity contribution in [2.45, 2.75) is 26.7 Å². The summed E-state index contributed by atoms with van der Waals surface area (Å²) in [6.45, 7) is 3.88. The van der Waals surface area contributed by atoms with E-state index in [0.29, 0.717) is 6.42 Å². The molecule has 0 aliphatic carbocycles. The van der Waals surface area contributed by atoms with Gasteiger partial charge in [0, 0.05) is 17.8 Å². The van der Waals surface area contributed by atoms with Crippen LogP contribution in [-0.4, -0.2) is 14.7 Å². The van der Waals surface area contributed by atoms with Gasteiger partial charge in [-0.05, 0) is 25.0 Å². The van der Waals surface area contributed by atoms with Crippen LogP contribution in [0, 0.1) is 15.9 Å². The van der Waals surface area contributed by atoms with Gasteiger partial charge in [0.25, 0.3) is 5.69 Å². The molecule has 100 valence electrons. The molecule has 6 heteroatoms. The standard InChI is InChI=1S/C13H14FN3O2/c1-3-10-8-11(4-2)16(15-10)13-7-9(14)5-6-12(13)17(18)19/h5-8H,3-4H2,1-2H3. The monoisotopic (exact) mass is 263 g/mol. The number of aromatic nitrogens is 2. The predicted octanol–water partition coefficient (Wildman–Crippen LogP) is 3.04. The van der Waals surface area contributed by atoms with Gasteiger partial charge in [0.05, 0.1) is 10.6 Å². The third-order valence-electron chi connectivity index (χ3n) is 2.92. The topological polar surface area (TPSA) is 61.0 Å². The van der Waals surface area contributed by atoms with Crippen molar-refractivity contribution in [3.8, 4) is 5.69 Å². The lowest BCUT2D eigenvalue weighted by atomic mass is 10.2. The van der Waals surface area contributed by atoms with Crippen molar-refractivity contribution >= 4 is 5.69 Å². The highest BCUT2D eigenvalue weighted by atomic mass is 19.1. The van der Waals surface area contributed by atoms with Gasteiger partial charge in [-0.3, -0.25) is 10.1 Å². The van der Waals surface area contributed by atoms with E-state index >= 15 is 0 Å². The maximum Gasteiger partial charge on any atom is 0.295 e. The zero-order valence-electron chi connectivity index (χ0n) is 10.8. The van der Waals surface area contributed by atoms with Gasteiger partial charge in [0.1, 0.15) is 11.5 Å². The largest absolute Gasteiger partial charge is 0.295 e. The summed E-state index contributed by atoms with van der Waals surface area (Å²) in [7, 11) is 0. The van der Waals surface area contributed by atoms with Crippen molar-refractivity contribution in [1.82, 2.24) is 9.78 Å². The number of rotatable bonds is 4. The van der Waals surface area contributed by atoms with E-state index in [-0.39, 0.29) is 11.4 Å². The number of nitrogens with zero attached hydrogens (tertiary/aromatic N) is 3. The van der Waals surface area contributed by atoms with E-state index < -0.39 is 10.7 Å². The van der Waals surface area contributed by atoms with Crippen molar-refractivity contribution < 1.29 is 9.31 Å². The van der Waals surface area contributed by atoms with Gasteiger partial charge in [-0.1, -0.05) is 13.8 Å². The van der Waals surface area contributed by atoms with E-state index in [0.717, 1.165) is 36.0 Å². The predicted molar refractivity (Wildman–Crippen MR) is 68.9 cm³/mol. The number of hydrogen-bond donors (Lipinski definition) is 0. The molecule has 0 aliphatic heterocycles. The second-order valence-electron chi connectivity index (χ2n) is 4.14. The second kappa shape index (κ2) is 5.17. The Bertz CT molecular complexity index is 622. The summed E-state index contributed by atoms with van der Waals surface area (Å²) >= 11 is 0. The molecule has 0 N–H and O–H groups in total. The molecular formula is C13H14FN3O2. The van der Waals surface area contributed by atoms with E-state index in [1.165, 1.54) is 4.68 Å². The lowest BCUT2D eigenvalue weighted by molar-refractivity contribution is -0.384. The van der Waals surface area contributed by atoms with E-state index in [4.69, 9.17) is 0 Å². The highest BCUT2D eigenvalue weighted by Gasteiger charge is 2.19. The number of halogens is 1. The van der Waals surface area contributed by atoms with Crippen LogP contribution in [0.15, 0.2) is 24.3 Å². The minimum Gasteiger partial charge on any atom is -0.258 e. The average molecular weight is 263 g/mol. The van der Waals surface area contributed by atoms with Gasteiger partial charge in [-0.25, -0.2) is 9.07 Å². The van der Waals surface area contributed by atoms with Gasteiger partial charge in [-0.2, -0.15) is 5.10 Å². The minimum absolute atomic E-state index is 0.151. The number of aryl methyl sites for hydroxylation is 2. The molecule has 0 unspecified atom stereocenters. The molecule has 1 aromatic heterocycles. The summed E-state index contributed by atoms with van der Waals surface area (Å²) in [5, 5.41) is 15.3. The molecule has 1 aromatic carbocycles. The molecule has 0 saturated carbocycles. The van der Waals surface area contributed by atoms with Crippen LogP contribution < -0.4 is 0 Å². The van der Waals surface area contributed by atoms with E-state index in [2.05, 4.69) is 5.10 Å². The fraction of sp³-hybridized carbons (Fsp3) is 0.308. The molecule has 0 radical (unpaired) electrons. The first-order chi connectivity index (χ1) is 9.06. The molecule has 2 rings (SSSR count). The third kappa shape index (κ3) is 2.47. The molecule has 0 spiro atoms. The van der Waals surface area contributed by atoms with E-state index in [9.17, 15) is 14.5 Å². The lowest BCUT2D eigenvalue weighted by Gasteiger charge is -2.06. The van der Waals surface area contributed by atoms with Crippen LogP contribution in [0.1, 0.15) is 25.2 Å². The first-order valence-electron chi connectivity index (χ1n) is 6.09. The van der Waals surface area contributed by atoms with Crippen molar-refractivity contribution in [1.29, 1.82) is 0 Å². The normalized spacial score (nSPS) is 10.7. The summed E-state index contributed by atoms with van der Waals surface area (Å²) in [5.74, 6) is -0.517. The number of nitro groups is 1. The molecule has 0 bridgehead atoms. The summed E-state index contributed by atoms with van der Waals surface area (Å²) in [5.41, 5.74) is 1.67. The Morgan fingerprint density at radius 2 is 2.05 bits per heavy atom. The summed E-state index contributed by atoms with van der Waals surface area (Å²) in [6.07, 6.45) is 1.39. The molecule has 0 amide bonds. The fourth-order valence-corrected chi connectivity index (χ4v) is 1.93. The van der Waals surface area contributed by atoms with Gasteiger partial charge in [0.15, 0.2) is 0 Å². The molecule has 1 heterocycles. The Labute approximate surface area is 109 Å². The Morgan fingerprint density at radius 1 is 1.32 bits per heavy atom.